The number of halogens is 1. The molecule has 0 radical (unpaired) electrons. The molecule has 3 heteroatoms. The monoisotopic (exact) mass is 279 g/mol. The highest BCUT2D eigenvalue weighted by molar-refractivity contribution is 9.09. The van der Waals surface area contributed by atoms with Crippen molar-refractivity contribution >= 4 is 27.7 Å². The van der Waals surface area contributed by atoms with Crippen LogP contribution in [0.1, 0.15) is 27.2 Å². The van der Waals surface area contributed by atoms with Gasteiger partial charge in [-0.05, 0) is 19.8 Å². The largest absolute Gasteiger partial charge is 0.301 e. The van der Waals surface area contributed by atoms with E-state index in [-0.39, 0.29) is 0 Å². The Morgan fingerprint density at radius 1 is 1.50 bits per heavy atom. The lowest BCUT2D eigenvalue weighted by molar-refractivity contribution is 0.227. The summed E-state index contributed by atoms with van der Waals surface area (Å²) in [7, 11) is 0. The Morgan fingerprint density at radius 3 is 2.71 bits per heavy atom. The van der Waals surface area contributed by atoms with Gasteiger partial charge in [0.25, 0.3) is 0 Å². The van der Waals surface area contributed by atoms with Gasteiger partial charge in [-0.1, -0.05) is 29.3 Å². The molecule has 0 saturated carbocycles. The smallest absolute Gasteiger partial charge is 0.0231 e. The van der Waals surface area contributed by atoms with Gasteiger partial charge in [0, 0.05) is 35.5 Å². The van der Waals surface area contributed by atoms with Gasteiger partial charge in [0.1, 0.15) is 0 Å². The molecule has 1 aliphatic rings. The van der Waals surface area contributed by atoms with Crippen LogP contribution in [-0.2, 0) is 0 Å². The van der Waals surface area contributed by atoms with Crippen LogP contribution in [0.2, 0.25) is 0 Å². The first-order valence-corrected chi connectivity index (χ1v) is 7.60. The minimum absolute atomic E-state index is 0.461. The third-order valence-electron chi connectivity index (χ3n) is 2.82. The maximum Gasteiger partial charge on any atom is 0.0231 e. The average Bonchev–Trinajstić information content (AvgIpc) is 2.12. The fourth-order valence-corrected chi connectivity index (χ4v) is 3.76. The summed E-state index contributed by atoms with van der Waals surface area (Å²) in [6.07, 6.45) is 1.29. The van der Waals surface area contributed by atoms with E-state index in [2.05, 4.69) is 53.4 Å². The lowest BCUT2D eigenvalue weighted by Gasteiger charge is -2.38. The van der Waals surface area contributed by atoms with Crippen molar-refractivity contribution in [2.75, 3.05) is 30.7 Å². The molecule has 1 atom stereocenters. The highest BCUT2D eigenvalue weighted by Crippen LogP contribution is 2.30. The van der Waals surface area contributed by atoms with E-state index >= 15 is 0 Å². The highest BCUT2D eigenvalue weighted by atomic mass is 79.9. The first kappa shape index (κ1) is 12.9. The Kier molecular flexibility index (Phi) is 5.29. The Labute approximate surface area is 101 Å². The fourth-order valence-electron chi connectivity index (χ4n) is 1.92. The first-order valence-electron chi connectivity index (χ1n) is 5.49. The molecule has 1 aliphatic heterocycles. The molecule has 0 aromatic heterocycles. The molecule has 0 aromatic rings. The van der Waals surface area contributed by atoms with E-state index < -0.39 is 0 Å². The van der Waals surface area contributed by atoms with Crippen LogP contribution in [-0.4, -0.2) is 40.4 Å². The topological polar surface area (TPSA) is 3.24 Å². The molecular weight excluding hydrogens is 258 g/mol. The summed E-state index contributed by atoms with van der Waals surface area (Å²) < 4.78 is 0.461. The Morgan fingerprint density at radius 2 is 2.21 bits per heavy atom. The fraction of sp³-hybridized carbons (Fsp3) is 1.00. The molecule has 1 saturated heterocycles. The Hall–Kier alpha value is 0.790. The van der Waals surface area contributed by atoms with E-state index in [1.165, 1.54) is 31.8 Å². The number of alkyl halides is 1. The summed E-state index contributed by atoms with van der Waals surface area (Å²) >= 11 is 5.71. The number of thioether (sulfide) groups is 1. The van der Waals surface area contributed by atoms with Gasteiger partial charge in [-0.2, -0.15) is 11.8 Å². The summed E-state index contributed by atoms with van der Waals surface area (Å²) in [5.41, 5.74) is 0. The van der Waals surface area contributed by atoms with Crippen molar-refractivity contribution in [3.8, 4) is 0 Å². The van der Waals surface area contributed by atoms with Gasteiger partial charge in [-0.3, -0.25) is 0 Å². The lowest BCUT2D eigenvalue weighted by atomic mass is 10.1. The second-order valence-electron chi connectivity index (χ2n) is 4.77. The summed E-state index contributed by atoms with van der Waals surface area (Å²) in [6.45, 7) is 10.8. The van der Waals surface area contributed by atoms with Gasteiger partial charge in [0.15, 0.2) is 0 Å². The van der Waals surface area contributed by atoms with E-state index in [1.54, 1.807) is 0 Å². The average molecular weight is 280 g/mol. The molecule has 0 aromatic carbocycles. The van der Waals surface area contributed by atoms with Gasteiger partial charge in [-0.25, -0.2) is 0 Å². The molecule has 1 fully saturated rings. The van der Waals surface area contributed by atoms with Crippen molar-refractivity contribution in [1.29, 1.82) is 0 Å². The van der Waals surface area contributed by atoms with E-state index in [1.807, 2.05) is 0 Å². The van der Waals surface area contributed by atoms with Crippen molar-refractivity contribution in [1.82, 2.24) is 4.90 Å². The van der Waals surface area contributed by atoms with E-state index in [4.69, 9.17) is 0 Å². The summed E-state index contributed by atoms with van der Waals surface area (Å²) in [5, 5.41) is 1.15. The first-order chi connectivity index (χ1) is 6.57. The zero-order valence-corrected chi connectivity index (χ0v) is 12.0. The van der Waals surface area contributed by atoms with E-state index in [0.29, 0.717) is 4.75 Å². The van der Waals surface area contributed by atoms with Crippen molar-refractivity contribution in [2.45, 2.75) is 31.9 Å². The van der Waals surface area contributed by atoms with E-state index in [0.717, 1.165) is 11.2 Å². The second kappa shape index (κ2) is 5.76. The van der Waals surface area contributed by atoms with Crippen LogP contribution in [0.5, 0.6) is 0 Å². The number of hydrogen-bond acceptors (Lipinski definition) is 2. The molecular formula is C11H22BrNS. The molecule has 0 amide bonds. The Bertz CT molecular complexity index is 169. The van der Waals surface area contributed by atoms with Gasteiger partial charge in [0.2, 0.25) is 0 Å². The number of hydrogen-bond donors (Lipinski definition) is 0. The van der Waals surface area contributed by atoms with Gasteiger partial charge in [0.05, 0.1) is 0 Å². The van der Waals surface area contributed by atoms with Crippen molar-refractivity contribution in [2.24, 2.45) is 5.92 Å². The molecule has 14 heavy (non-hydrogen) atoms. The molecule has 1 rings (SSSR count). The standard InChI is InChI=1S/C11H22BrNS/c1-4-10(7-12)8-13-5-6-14-11(2,3)9-13/h10H,4-9H2,1-3H3. The molecule has 0 N–H and O–H groups in total. The number of rotatable bonds is 4. The predicted octanol–water partition coefficient (Wildman–Crippen LogP) is 3.23. The molecule has 1 nitrogen and oxygen atoms in total. The van der Waals surface area contributed by atoms with Crippen LogP contribution in [0, 0.1) is 5.92 Å². The minimum Gasteiger partial charge on any atom is -0.301 e. The zero-order valence-electron chi connectivity index (χ0n) is 9.55. The van der Waals surface area contributed by atoms with Crippen LogP contribution in [0.3, 0.4) is 0 Å². The van der Waals surface area contributed by atoms with Crippen LogP contribution in [0.15, 0.2) is 0 Å². The third-order valence-corrected chi connectivity index (χ3v) is 5.03. The summed E-state index contributed by atoms with van der Waals surface area (Å²) in [4.78, 5) is 2.63. The zero-order chi connectivity index (χ0) is 10.6. The Balaban J connectivity index is 2.37. The molecule has 0 bridgehead atoms. The van der Waals surface area contributed by atoms with Crippen LogP contribution in [0.25, 0.3) is 0 Å². The van der Waals surface area contributed by atoms with Crippen LogP contribution < -0.4 is 0 Å². The van der Waals surface area contributed by atoms with Crippen molar-refractivity contribution < 1.29 is 0 Å². The number of nitrogens with zero attached hydrogens (tertiary/aromatic N) is 1. The molecule has 1 heterocycles. The summed E-state index contributed by atoms with van der Waals surface area (Å²) in [5.74, 6) is 2.13. The van der Waals surface area contributed by atoms with Crippen molar-refractivity contribution in [3.63, 3.8) is 0 Å². The second-order valence-corrected chi connectivity index (χ2v) is 7.22. The molecule has 0 spiro atoms. The lowest BCUT2D eigenvalue weighted by Crippen LogP contribution is -2.45. The third kappa shape index (κ3) is 4.11. The summed E-state index contributed by atoms with van der Waals surface area (Å²) in [6, 6.07) is 0. The van der Waals surface area contributed by atoms with E-state index in [9.17, 15) is 0 Å². The normalized spacial score (nSPS) is 24.9. The maximum atomic E-state index is 3.60. The van der Waals surface area contributed by atoms with Gasteiger partial charge >= 0.3 is 0 Å². The van der Waals surface area contributed by atoms with Crippen LogP contribution in [0.4, 0.5) is 0 Å². The molecule has 84 valence electrons. The molecule has 0 aliphatic carbocycles. The van der Waals surface area contributed by atoms with Gasteiger partial charge < -0.3 is 4.90 Å². The molecule has 1 unspecified atom stereocenters. The SMILES string of the molecule is CCC(CBr)CN1CCSC(C)(C)C1. The maximum absolute atomic E-state index is 3.60. The quantitative estimate of drug-likeness (QED) is 0.727. The van der Waals surface area contributed by atoms with Crippen LogP contribution >= 0.6 is 27.7 Å². The van der Waals surface area contributed by atoms with Gasteiger partial charge in [-0.15, -0.1) is 0 Å². The van der Waals surface area contributed by atoms with Crippen molar-refractivity contribution in [3.05, 3.63) is 0 Å². The highest BCUT2D eigenvalue weighted by Gasteiger charge is 2.27. The minimum atomic E-state index is 0.461. The predicted molar refractivity (Wildman–Crippen MR) is 70.6 cm³/mol.